The third-order valence-corrected chi connectivity index (χ3v) is 7.03. The molecule has 158 valence electrons. The second-order valence-corrected chi connectivity index (χ2v) is 9.36. The second kappa shape index (κ2) is 9.15. The number of hydrogen-bond donors (Lipinski definition) is 1. The van der Waals surface area contributed by atoms with Gasteiger partial charge >= 0.3 is 0 Å². The van der Waals surface area contributed by atoms with Gasteiger partial charge in [-0.2, -0.15) is 0 Å². The summed E-state index contributed by atoms with van der Waals surface area (Å²) in [5.41, 5.74) is 1.90. The van der Waals surface area contributed by atoms with E-state index in [1.54, 1.807) is 29.8 Å². The minimum absolute atomic E-state index is 0.0871. The molecule has 0 aliphatic carbocycles. The number of amides is 1. The number of thiophene rings is 1. The highest BCUT2D eigenvalue weighted by Crippen LogP contribution is 2.19. The van der Waals surface area contributed by atoms with Crippen LogP contribution in [0.3, 0.4) is 0 Å². The zero-order valence-electron chi connectivity index (χ0n) is 16.2. The van der Waals surface area contributed by atoms with Gasteiger partial charge in [0.15, 0.2) is 0 Å². The summed E-state index contributed by atoms with van der Waals surface area (Å²) in [4.78, 5) is 16.7. The third-order valence-electron chi connectivity index (χ3n) is 4.30. The summed E-state index contributed by atoms with van der Waals surface area (Å²) < 4.78 is 37.6. The van der Waals surface area contributed by atoms with E-state index in [2.05, 4.69) is 9.71 Å². The van der Waals surface area contributed by atoms with Crippen LogP contribution in [0.5, 0.6) is 5.75 Å². The SMILES string of the molecule is O=C(NS(=O)(=O)c1cccs1)c1ccc(OCCc2coc(-c3ccccc3)n2)cc1. The highest BCUT2D eigenvalue weighted by Gasteiger charge is 2.19. The van der Waals surface area contributed by atoms with Crippen LogP contribution in [-0.2, 0) is 16.4 Å². The van der Waals surface area contributed by atoms with Crippen molar-refractivity contribution < 1.29 is 22.4 Å². The van der Waals surface area contributed by atoms with Gasteiger partial charge in [0.2, 0.25) is 5.89 Å². The van der Waals surface area contributed by atoms with Crippen LogP contribution in [0.15, 0.2) is 87.0 Å². The molecule has 0 aliphatic heterocycles. The second-order valence-electron chi connectivity index (χ2n) is 6.50. The molecule has 0 saturated carbocycles. The lowest BCUT2D eigenvalue weighted by molar-refractivity contribution is 0.0981. The molecule has 4 aromatic rings. The van der Waals surface area contributed by atoms with Gasteiger partial charge in [0.05, 0.1) is 12.3 Å². The number of carbonyl (C=O) groups excluding carboxylic acids is 1. The van der Waals surface area contributed by atoms with Crippen LogP contribution in [0.4, 0.5) is 0 Å². The Morgan fingerprint density at radius 1 is 1.03 bits per heavy atom. The van der Waals surface area contributed by atoms with Crippen LogP contribution >= 0.6 is 11.3 Å². The van der Waals surface area contributed by atoms with Crippen molar-refractivity contribution in [3.63, 3.8) is 0 Å². The number of oxazole rings is 1. The molecule has 2 heterocycles. The molecule has 7 nitrogen and oxygen atoms in total. The largest absolute Gasteiger partial charge is 0.493 e. The summed E-state index contributed by atoms with van der Waals surface area (Å²) in [6, 6.07) is 18.9. The van der Waals surface area contributed by atoms with Crippen molar-refractivity contribution in [2.75, 3.05) is 6.61 Å². The summed E-state index contributed by atoms with van der Waals surface area (Å²) in [6.45, 7) is 0.374. The van der Waals surface area contributed by atoms with E-state index >= 15 is 0 Å². The average Bonchev–Trinajstić information content (AvgIpc) is 3.48. The molecule has 0 aliphatic rings. The maximum Gasteiger partial charge on any atom is 0.273 e. The number of nitrogens with zero attached hydrogens (tertiary/aromatic N) is 1. The summed E-state index contributed by atoms with van der Waals surface area (Å²) >= 11 is 1.04. The molecule has 2 aromatic carbocycles. The fraction of sp³-hybridized carbons (Fsp3) is 0.0909. The highest BCUT2D eigenvalue weighted by atomic mass is 32.2. The van der Waals surface area contributed by atoms with Crippen molar-refractivity contribution in [3.05, 3.63) is 89.6 Å². The van der Waals surface area contributed by atoms with Gasteiger partial charge in [-0.15, -0.1) is 11.3 Å². The zero-order valence-corrected chi connectivity index (χ0v) is 17.9. The van der Waals surface area contributed by atoms with E-state index in [-0.39, 0.29) is 9.77 Å². The number of sulfonamides is 1. The van der Waals surface area contributed by atoms with Crippen molar-refractivity contribution in [1.29, 1.82) is 0 Å². The zero-order chi connectivity index (χ0) is 21.7. The fourth-order valence-corrected chi connectivity index (χ4v) is 4.73. The van der Waals surface area contributed by atoms with Gasteiger partial charge in [-0.3, -0.25) is 4.79 Å². The van der Waals surface area contributed by atoms with Crippen molar-refractivity contribution >= 4 is 27.3 Å². The Kier molecular flexibility index (Phi) is 6.15. The first-order chi connectivity index (χ1) is 15.0. The van der Waals surface area contributed by atoms with Gasteiger partial charge in [-0.1, -0.05) is 24.3 Å². The van der Waals surface area contributed by atoms with Crippen LogP contribution in [0.2, 0.25) is 0 Å². The maximum absolute atomic E-state index is 12.2. The Bertz CT molecular complexity index is 1250. The number of hydrogen-bond acceptors (Lipinski definition) is 7. The van der Waals surface area contributed by atoms with Crippen LogP contribution < -0.4 is 9.46 Å². The molecule has 0 unspecified atom stereocenters. The van der Waals surface area contributed by atoms with Gasteiger partial charge < -0.3 is 9.15 Å². The Labute approximate surface area is 183 Å². The molecule has 4 rings (SSSR count). The van der Waals surface area contributed by atoms with Crippen LogP contribution in [0, 0.1) is 0 Å². The van der Waals surface area contributed by atoms with Gasteiger partial charge in [0.25, 0.3) is 15.9 Å². The molecule has 0 bridgehead atoms. The molecule has 1 amide bonds. The monoisotopic (exact) mass is 454 g/mol. The van der Waals surface area contributed by atoms with E-state index in [0.717, 1.165) is 22.6 Å². The molecule has 2 aromatic heterocycles. The minimum atomic E-state index is -3.87. The van der Waals surface area contributed by atoms with E-state index in [0.29, 0.717) is 24.7 Å². The van der Waals surface area contributed by atoms with Crippen LogP contribution in [-0.4, -0.2) is 25.9 Å². The smallest absolute Gasteiger partial charge is 0.273 e. The van der Waals surface area contributed by atoms with E-state index in [1.165, 1.54) is 18.2 Å². The number of aromatic nitrogens is 1. The Morgan fingerprint density at radius 2 is 1.81 bits per heavy atom. The molecule has 31 heavy (non-hydrogen) atoms. The van der Waals surface area contributed by atoms with E-state index in [9.17, 15) is 13.2 Å². The standard InChI is InChI=1S/C22H18N2O5S2/c25-21(24-31(26,27)20-7-4-14-30-20)16-8-10-19(11-9-16)28-13-12-18-15-29-22(23-18)17-5-2-1-3-6-17/h1-11,14-15H,12-13H2,(H,24,25). The van der Waals surface area contributed by atoms with E-state index < -0.39 is 15.9 Å². The minimum Gasteiger partial charge on any atom is -0.493 e. The first-order valence-corrected chi connectivity index (χ1v) is 11.7. The van der Waals surface area contributed by atoms with Crippen molar-refractivity contribution in [2.24, 2.45) is 0 Å². The number of benzene rings is 2. The first-order valence-electron chi connectivity index (χ1n) is 9.34. The van der Waals surface area contributed by atoms with Crippen LogP contribution in [0.25, 0.3) is 11.5 Å². The molecule has 0 atom stereocenters. The van der Waals surface area contributed by atoms with Gasteiger partial charge in [-0.25, -0.2) is 18.1 Å². The molecule has 0 fully saturated rings. The third kappa shape index (κ3) is 5.19. The summed E-state index contributed by atoms with van der Waals surface area (Å²) in [5.74, 6) is 0.420. The summed E-state index contributed by atoms with van der Waals surface area (Å²) in [7, 11) is -3.87. The lowest BCUT2D eigenvalue weighted by atomic mass is 10.2. The molecular formula is C22H18N2O5S2. The van der Waals surface area contributed by atoms with E-state index in [1.807, 2.05) is 30.3 Å². The molecule has 9 heteroatoms. The summed E-state index contributed by atoms with van der Waals surface area (Å²) in [6.07, 6.45) is 2.16. The van der Waals surface area contributed by atoms with Crippen molar-refractivity contribution in [3.8, 4) is 17.2 Å². The predicted molar refractivity (Wildman–Crippen MR) is 117 cm³/mol. The lowest BCUT2D eigenvalue weighted by Gasteiger charge is -2.07. The van der Waals surface area contributed by atoms with Gasteiger partial charge in [-0.05, 0) is 47.8 Å². The van der Waals surface area contributed by atoms with Crippen molar-refractivity contribution in [2.45, 2.75) is 10.6 Å². The topological polar surface area (TPSA) is 98.5 Å². The number of ether oxygens (including phenoxy) is 1. The Balaban J connectivity index is 1.30. The van der Waals surface area contributed by atoms with Crippen molar-refractivity contribution in [1.82, 2.24) is 9.71 Å². The summed E-state index contributed by atoms with van der Waals surface area (Å²) in [5, 5.41) is 1.63. The normalized spacial score (nSPS) is 11.2. The average molecular weight is 455 g/mol. The number of nitrogens with one attached hydrogen (secondary N) is 1. The molecule has 1 N–H and O–H groups in total. The molecule has 0 saturated heterocycles. The van der Waals surface area contributed by atoms with Gasteiger partial charge in [0.1, 0.15) is 16.2 Å². The first kappa shape index (κ1) is 20.8. The Hall–Kier alpha value is -3.43. The molecular weight excluding hydrogens is 436 g/mol. The lowest BCUT2D eigenvalue weighted by Crippen LogP contribution is -2.29. The van der Waals surface area contributed by atoms with Gasteiger partial charge in [0, 0.05) is 17.5 Å². The highest BCUT2D eigenvalue weighted by molar-refractivity contribution is 7.92. The van der Waals surface area contributed by atoms with E-state index in [4.69, 9.17) is 9.15 Å². The molecule has 0 radical (unpaired) electrons. The Morgan fingerprint density at radius 3 is 2.52 bits per heavy atom. The fourth-order valence-electron chi connectivity index (χ4n) is 2.76. The molecule has 0 spiro atoms. The number of rotatable bonds is 8. The van der Waals surface area contributed by atoms with Crippen LogP contribution in [0.1, 0.15) is 16.1 Å². The number of carbonyl (C=O) groups is 1. The predicted octanol–water partition coefficient (Wildman–Crippen LogP) is 4.14. The maximum atomic E-state index is 12.2. The quantitative estimate of drug-likeness (QED) is 0.430.